The van der Waals surface area contributed by atoms with E-state index in [0.717, 1.165) is 24.4 Å². The van der Waals surface area contributed by atoms with Gasteiger partial charge < -0.3 is 4.74 Å². The SMILES string of the molecule is NNC(CC1CCOCC1)C1CCCS1. The summed E-state index contributed by atoms with van der Waals surface area (Å²) in [5, 5.41) is 0.748. The molecule has 3 nitrogen and oxygen atoms in total. The Morgan fingerprint density at radius 1 is 1.33 bits per heavy atom. The minimum absolute atomic E-state index is 0.514. The minimum Gasteiger partial charge on any atom is -0.381 e. The van der Waals surface area contributed by atoms with E-state index in [9.17, 15) is 0 Å². The molecule has 0 spiro atoms. The molecule has 88 valence electrons. The largest absolute Gasteiger partial charge is 0.381 e. The van der Waals surface area contributed by atoms with Crippen LogP contribution < -0.4 is 11.3 Å². The van der Waals surface area contributed by atoms with Crippen LogP contribution in [-0.2, 0) is 4.74 Å². The fraction of sp³-hybridized carbons (Fsp3) is 1.00. The molecule has 4 heteroatoms. The molecule has 2 aliphatic rings. The summed E-state index contributed by atoms with van der Waals surface area (Å²) in [7, 11) is 0. The van der Waals surface area contributed by atoms with Gasteiger partial charge in [0.2, 0.25) is 0 Å². The van der Waals surface area contributed by atoms with E-state index in [4.69, 9.17) is 10.6 Å². The van der Waals surface area contributed by atoms with Crippen molar-refractivity contribution in [2.24, 2.45) is 11.8 Å². The van der Waals surface area contributed by atoms with Crippen molar-refractivity contribution in [1.29, 1.82) is 0 Å². The van der Waals surface area contributed by atoms with Crippen molar-refractivity contribution in [2.75, 3.05) is 19.0 Å². The number of nitrogens with one attached hydrogen (secondary N) is 1. The maximum absolute atomic E-state index is 5.68. The number of nitrogens with two attached hydrogens (primary N) is 1. The smallest absolute Gasteiger partial charge is 0.0468 e. The van der Waals surface area contributed by atoms with E-state index in [-0.39, 0.29) is 0 Å². The second-order valence-corrected chi connectivity index (χ2v) is 5.96. The van der Waals surface area contributed by atoms with Crippen LogP contribution in [-0.4, -0.2) is 30.3 Å². The molecular weight excluding hydrogens is 208 g/mol. The first kappa shape index (κ1) is 11.7. The Labute approximate surface area is 96.5 Å². The van der Waals surface area contributed by atoms with Gasteiger partial charge in [-0.3, -0.25) is 11.3 Å². The molecule has 0 aliphatic carbocycles. The third-order valence-electron chi connectivity index (χ3n) is 3.56. The Bertz CT molecular complexity index is 179. The highest BCUT2D eigenvalue weighted by Crippen LogP contribution is 2.32. The average molecular weight is 230 g/mol. The van der Waals surface area contributed by atoms with Gasteiger partial charge >= 0.3 is 0 Å². The standard InChI is InChI=1S/C11H22N2OS/c12-13-10(11-2-1-7-15-11)8-9-3-5-14-6-4-9/h9-11,13H,1-8,12H2. The highest BCUT2D eigenvalue weighted by molar-refractivity contribution is 8.00. The van der Waals surface area contributed by atoms with E-state index in [1.165, 1.54) is 37.9 Å². The summed E-state index contributed by atoms with van der Waals surface area (Å²) in [6.45, 7) is 1.89. The van der Waals surface area contributed by atoms with Gasteiger partial charge in [-0.15, -0.1) is 0 Å². The van der Waals surface area contributed by atoms with E-state index < -0.39 is 0 Å². The lowest BCUT2D eigenvalue weighted by atomic mass is 9.90. The summed E-state index contributed by atoms with van der Waals surface area (Å²) in [6, 6.07) is 0.514. The first-order chi connectivity index (χ1) is 7.40. The Balaban J connectivity index is 1.78. The summed E-state index contributed by atoms with van der Waals surface area (Å²) >= 11 is 2.09. The van der Waals surface area contributed by atoms with Gasteiger partial charge in [-0.25, -0.2) is 0 Å². The fourth-order valence-corrected chi connectivity index (χ4v) is 3.98. The van der Waals surface area contributed by atoms with Crippen LogP contribution in [0.1, 0.15) is 32.1 Å². The van der Waals surface area contributed by atoms with Crippen LogP contribution in [0, 0.1) is 5.92 Å². The second kappa shape index (κ2) is 6.09. The Kier molecular flexibility index (Phi) is 4.75. The molecule has 0 amide bonds. The molecule has 2 aliphatic heterocycles. The van der Waals surface area contributed by atoms with Crippen molar-refractivity contribution in [3.63, 3.8) is 0 Å². The number of thioether (sulfide) groups is 1. The van der Waals surface area contributed by atoms with Crippen LogP contribution >= 0.6 is 11.8 Å². The summed E-state index contributed by atoms with van der Waals surface area (Å²) < 4.78 is 5.38. The van der Waals surface area contributed by atoms with Gasteiger partial charge in [-0.2, -0.15) is 11.8 Å². The van der Waals surface area contributed by atoms with E-state index in [1.807, 2.05) is 0 Å². The van der Waals surface area contributed by atoms with Crippen LogP contribution in [0.2, 0.25) is 0 Å². The Morgan fingerprint density at radius 2 is 2.13 bits per heavy atom. The number of hydrogen-bond donors (Lipinski definition) is 2. The quantitative estimate of drug-likeness (QED) is 0.568. The maximum Gasteiger partial charge on any atom is 0.0468 e. The van der Waals surface area contributed by atoms with Gasteiger partial charge in [-0.05, 0) is 43.8 Å². The molecule has 2 unspecified atom stereocenters. The molecule has 2 atom stereocenters. The lowest BCUT2D eigenvalue weighted by molar-refractivity contribution is 0.0604. The monoisotopic (exact) mass is 230 g/mol. The third kappa shape index (κ3) is 3.34. The zero-order valence-corrected chi connectivity index (χ0v) is 10.1. The van der Waals surface area contributed by atoms with E-state index in [2.05, 4.69) is 17.2 Å². The van der Waals surface area contributed by atoms with Gasteiger partial charge in [-0.1, -0.05) is 0 Å². The van der Waals surface area contributed by atoms with Gasteiger partial charge in [0.25, 0.3) is 0 Å². The zero-order chi connectivity index (χ0) is 10.5. The lowest BCUT2D eigenvalue weighted by Gasteiger charge is -2.29. The number of hydrazine groups is 1. The second-order valence-electron chi connectivity index (χ2n) is 4.62. The first-order valence-electron chi connectivity index (χ1n) is 6.05. The van der Waals surface area contributed by atoms with Gasteiger partial charge in [0.15, 0.2) is 0 Å². The highest BCUT2D eigenvalue weighted by atomic mass is 32.2. The molecule has 2 saturated heterocycles. The third-order valence-corrected chi connectivity index (χ3v) is 5.07. The van der Waals surface area contributed by atoms with Crippen molar-refractivity contribution in [3.8, 4) is 0 Å². The molecule has 2 heterocycles. The summed E-state index contributed by atoms with van der Waals surface area (Å²) in [6.07, 6.45) is 6.37. The normalized spacial score (nSPS) is 30.6. The number of rotatable bonds is 4. The van der Waals surface area contributed by atoms with Crippen molar-refractivity contribution < 1.29 is 4.74 Å². The lowest BCUT2D eigenvalue weighted by Crippen LogP contribution is -2.43. The van der Waals surface area contributed by atoms with Gasteiger partial charge in [0.1, 0.15) is 0 Å². The predicted octanol–water partition coefficient (Wildman–Crippen LogP) is 1.53. The van der Waals surface area contributed by atoms with Gasteiger partial charge in [0, 0.05) is 24.5 Å². The van der Waals surface area contributed by atoms with E-state index in [0.29, 0.717) is 6.04 Å². The molecule has 0 aromatic heterocycles. The molecular formula is C11H22N2OS. The van der Waals surface area contributed by atoms with E-state index in [1.54, 1.807) is 0 Å². The molecule has 2 rings (SSSR count). The molecule has 0 aromatic carbocycles. The first-order valence-corrected chi connectivity index (χ1v) is 7.10. The van der Waals surface area contributed by atoms with Crippen LogP contribution in [0.4, 0.5) is 0 Å². The molecule has 15 heavy (non-hydrogen) atoms. The van der Waals surface area contributed by atoms with Gasteiger partial charge in [0.05, 0.1) is 0 Å². The van der Waals surface area contributed by atoms with Crippen molar-refractivity contribution >= 4 is 11.8 Å². The summed E-state index contributed by atoms with van der Waals surface area (Å²) in [5.74, 6) is 7.81. The highest BCUT2D eigenvalue weighted by Gasteiger charge is 2.27. The van der Waals surface area contributed by atoms with Crippen molar-refractivity contribution in [2.45, 2.75) is 43.4 Å². The molecule has 0 aromatic rings. The topological polar surface area (TPSA) is 47.3 Å². The molecule has 2 fully saturated rings. The minimum atomic E-state index is 0.514. The predicted molar refractivity (Wildman–Crippen MR) is 64.8 cm³/mol. The van der Waals surface area contributed by atoms with Crippen molar-refractivity contribution in [1.82, 2.24) is 5.43 Å². The maximum atomic E-state index is 5.68. The van der Waals surface area contributed by atoms with Crippen LogP contribution in [0.25, 0.3) is 0 Å². The average Bonchev–Trinajstić information content (AvgIpc) is 2.81. The molecule has 0 radical (unpaired) electrons. The Hall–Kier alpha value is 0.230. The van der Waals surface area contributed by atoms with Crippen molar-refractivity contribution in [3.05, 3.63) is 0 Å². The van der Waals surface area contributed by atoms with Crippen LogP contribution in [0.5, 0.6) is 0 Å². The van der Waals surface area contributed by atoms with Crippen LogP contribution in [0.3, 0.4) is 0 Å². The zero-order valence-electron chi connectivity index (χ0n) is 9.28. The molecule has 0 saturated carbocycles. The number of hydrogen-bond acceptors (Lipinski definition) is 4. The molecule has 3 N–H and O–H groups in total. The number of ether oxygens (including phenoxy) is 1. The van der Waals surface area contributed by atoms with E-state index >= 15 is 0 Å². The molecule has 0 bridgehead atoms. The Morgan fingerprint density at radius 3 is 2.73 bits per heavy atom. The summed E-state index contributed by atoms with van der Waals surface area (Å²) in [4.78, 5) is 0. The fourth-order valence-electron chi connectivity index (χ4n) is 2.59. The summed E-state index contributed by atoms with van der Waals surface area (Å²) in [5.41, 5.74) is 3.03. The van der Waals surface area contributed by atoms with Crippen LogP contribution in [0.15, 0.2) is 0 Å².